The van der Waals surface area contributed by atoms with Gasteiger partial charge in [-0.1, -0.05) is 13.8 Å². The average molecular weight is 1140 g/mol. The Kier molecular flexibility index (Phi) is 32.7. The molecule has 31 nitrogen and oxygen atoms in total. The largest absolute Gasteiger partial charge is 0.479 e. The van der Waals surface area contributed by atoms with Crippen LogP contribution >= 0.6 is 0 Å². The average Bonchev–Trinajstić information content (AvgIpc) is 3.41. The molecule has 15 N–H and O–H groups in total. The Morgan fingerprint density at radius 1 is 0.633 bits per heavy atom. The van der Waals surface area contributed by atoms with E-state index >= 15 is 0 Å². The second-order valence-electron chi connectivity index (χ2n) is 18.3. The molecule has 4 amide bonds. The van der Waals surface area contributed by atoms with Crippen LogP contribution in [0.25, 0.3) is 0 Å². The highest BCUT2D eigenvalue weighted by molar-refractivity contribution is 5.86. The van der Waals surface area contributed by atoms with Crippen molar-refractivity contribution in [3.8, 4) is 0 Å². The number of amides is 4. The van der Waals surface area contributed by atoms with Crippen LogP contribution < -0.4 is 28.3 Å². The van der Waals surface area contributed by atoms with Gasteiger partial charge in [-0.05, 0) is 37.8 Å². The number of rotatable bonds is 39. The summed E-state index contributed by atoms with van der Waals surface area (Å²) in [4.78, 5) is 88.2. The highest BCUT2D eigenvalue weighted by Gasteiger charge is 2.47. The molecule has 0 aromatic carbocycles. The van der Waals surface area contributed by atoms with Gasteiger partial charge in [0.05, 0.1) is 97.2 Å². The summed E-state index contributed by atoms with van der Waals surface area (Å²) in [6.45, 7) is 6.35. The summed E-state index contributed by atoms with van der Waals surface area (Å²) in [5.74, 6) is -6.67. The number of likely N-dealkylation sites (N-methyl/N-ethyl adjacent to an activating group) is 1. The number of carbonyl (C=O) groups excluding carboxylic acids is 4. The van der Waals surface area contributed by atoms with Gasteiger partial charge in [0, 0.05) is 59.7 Å². The highest BCUT2D eigenvalue weighted by Crippen LogP contribution is 2.31. The molecule has 31 heteroatoms. The molecule has 0 aliphatic carbocycles. The second-order valence-corrected chi connectivity index (χ2v) is 18.3. The Morgan fingerprint density at radius 3 is 1.58 bits per heavy atom. The number of nitrogens with two attached hydrogens (primary N) is 4. The maximum Gasteiger partial charge on any atom is 0.410 e. The molecule has 0 aromatic heterocycles. The normalized spacial score (nSPS) is 20.3. The minimum Gasteiger partial charge on any atom is -0.479 e. The smallest absolute Gasteiger partial charge is 0.410 e. The Hall–Kier alpha value is -6.32. The fourth-order valence-electron chi connectivity index (χ4n) is 7.83. The number of nitrogens with one attached hydrogen (secondary N) is 1. The first-order chi connectivity index (χ1) is 37.6. The van der Waals surface area contributed by atoms with E-state index < -0.39 is 121 Å². The summed E-state index contributed by atoms with van der Waals surface area (Å²) in [5, 5.41) is 63.2. The van der Waals surface area contributed by atoms with Crippen LogP contribution in [0.1, 0.15) is 52.9 Å². The minimum absolute atomic E-state index is 0.0233. The summed E-state index contributed by atoms with van der Waals surface area (Å²) in [6.07, 6.45) is -7.18. The van der Waals surface area contributed by atoms with Gasteiger partial charge in [-0.2, -0.15) is 0 Å². The number of carboxylic acid groups (broad SMARTS) is 2. The molecular formula is C48H84N10O21. The van der Waals surface area contributed by atoms with Crippen LogP contribution in [0.3, 0.4) is 0 Å². The van der Waals surface area contributed by atoms with Crippen LogP contribution in [-0.2, 0) is 61.8 Å². The third-order valence-electron chi connectivity index (χ3n) is 12.0. The number of aliphatic hydroxyl groups is 4. The number of unbranched alkanes of at least 4 members (excludes halogenated alkanes) is 2. The van der Waals surface area contributed by atoms with Crippen molar-refractivity contribution in [1.82, 2.24) is 20.0 Å². The van der Waals surface area contributed by atoms with Gasteiger partial charge in [0.25, 0.3) is 0 Å². The monoisotopic (exact) mass is 1140 g/mol. The summed E-state index contributed by atoms with van der Waals surface area (Å²) >= 11 is 0. The molecule has 1 unspecified atom stereocenters. The van der Waals surface area contributed by atoms with Crippen molar-refractivity contribution >= 4 is 47.9 Å². The van der Waals surface area contributed by atoms with E-state index in [1.807, 2.05) is 6.92 Å². The molecule has 79 heavy (non-hydrogen) atoms. The number of aliphatic carboxylic acids is 2. The third kappa shape index (κ3) is 25.6. The lowest BCUT2D eigenvalue weighted by atomic mass is 9.87. The molecule has 0 aromatic rings. The number of aliphatic imine (C=N–C) groups is 2. The third-order valence-corrected chi connectivity index (χ3v) is 12.0. The predicted molar refractivity (Wildman–Crippen MR) is 279 cm³/mol. The van der Waals surface area contributed by atoms with E-state index in [0.29, 0.717) is 52.3 Å². The highest BCUT2D eigenvalue weighted by atomic mass is 16.6. The van der Waals surface area contributed by atoms with Crippen molar-refractivity contribution in [3.63, 3.8) is 0 Å². The van der Waals surface area contributed by atoms with Gasteiger partial charge >= 0.3 is 24.1 Å². The lowest BCUT2D eigenvalue weighted by Crippen LogP contribution is -2.61. The van der Waals surface area contributed by atoms with Gasteiger partial charge < -0.3 is 116 Å². The molecule has 0 saturated heterocycles. The summed E-state index contributed by atoms with van der Waals surface area (Å²) in [6, 6.07) is -3.44. The fourth-order valence-corrected chi connectivity index (χ4v) is 7.83. The van der Waals surface area contributed by atoms with E-state index in [1.54, 1.807) is 11.8 Å². The Morgan fingerprint density at radius 2 is 1.08 bits per heavy atom. The Bertz CT molecular complexity index is 2010. The lowest BCUT2D eigenvalue weighted by Gasteiger charge is -2.40. The van der Waals surface area contributed by atoms with Crippen LogP contribution in [0.5, 0.6) is 0 Å². The molecule has 2 aliphatic rings. The van der Waals surface area contributed by atoms with Crippen LogP contribution in [0, 0.1) is 5.92 Å². The van der Waals surface area contributed by atoms with E-state index in [2.05, 4.69) is 15.3 Å². The van der Waals surface area contributed by atoms with Crippen molar-refractivity contribution in [2.45, 2.75) is 108 Å². The van der Waals surface area contributed by atoms with Gasteiger partial charge in [0.1, 0.15) is 18.3 Å². The molecular weight excluding hydrogens is 1050 g/mol. The van der Waals surface area contributed by atoms with Crippen LogP contribution in [0.2, 0.25) is 0 Å². The molecule has 0 bridgehead atoms. The first kappa shape index (κ1) is 68.8. The van der Waals surface area contributed by atoms with Crippen molar-refractivity contribution in [2.24, 2.45) is 38.8 Å². The number of hydrogen-bond donors (Lipinski definition) is 11. The maximum atomic E-state index is 13.5. The van der Waals surface area contributed by atoms with E-state index in [0.717, 1.165) is 24.3 Å². The number of aliphatic hydroxyl groups excluding tert-OH is 4. The predicted octanol–water partition coefficient (Wildman–Crippen LogP) is -3.39. The zero-order valence-corrected chi connectivity index (χ0v) is 45.6. The first-order valence-corrected chi connectivity index (χ1v) is 25.8. The number of guanidine groups is 2. The molecule has 2 heterocycles. The van der Waals surface area contributed by atoms with E-state index in [1.165, 1.54) is 25.1 Å². The number of carboxylic acids is 2. The van der Waals surface area contributed by atoms with E-state index in [4.69, 9.17) is 65.6 Å². The molecule has 0 radical (unpaired) electrons. The fraction of sp³-hybridized carbons (Fsp3) is 0.750. The zero-order valence-electron chi connectivity index (χ0n) is 45.6. The second kappa shape index (κ2) is 37.5. The maximum absolute atomic E-state index is 13.5. The van der Waals surface area contributed by atoms with E-state index in [9.17, 15) is 59.4 Å². The van der Waals surface area contributed by atoms with Crippen molar-refractivity contribution in [1.29, 1.82) is 0 Å². The summed E-state index contributed by atoms with van der Waals surface area (Å²) in [5.41, 5.74) is 22.2. The zero-order chi connectivity index (χ0) is 59.0. The van der Waals surface area contributed by atoms with Crippen LogP contribution in [0.15, 0.2) is 33.7 Å². The van der Waals surface area contributed by atoms with Gasteiger partial charge in [0.2, 0.25) is 23.3 Å². The Labute approximate surface area is 458 Å². The quantitative estimate of drug-likeness (QED) is 0.0162. The number of carbonyl (C=O) groups is 6. The van der Waals surface area contributed by atoms with Crippen molar-refractivity contribution in [2.75, 3.05) is 120 Å². The number of hydrogen-bond acceptors (Lipinski definition) is 21. The number of nitrogens with zero attached hydrogens (tertiary/aromatic N) is 5. The molecule has 0 saturated carbocycles. The minimum atomic E-state index is -1.82. The summed E-state index contributed by atoms with van der Waals surface area (Å²) in [7, 11) is 2.78. The molecule has 10 atom stereocenters. The van der Waals surface area contributed by atoms with Crippen molar-refractivity contribution < 1.29 is 102 Å². The SMILES string of the molecule is CCCOCCOCCOCCOCCC(=O)N(CCCCCN(C)C(=O)OC([C@H](O)CO)[C@@H]1OC(C(=O)O)=C[C@H](N=C(N)N)[C@H]1NC(C)=O)CCOCCN(C)C(=O)O[C@@H]([C@@H]1OC(C(=O)O)=C[C@H](N=C(N)N)[C@H]1C)[C@H](O)CO. The first-order valence-electron chi connectivity index (χ1n) is 25.8. The molecule has 0 spiro atoms. The molecule has 0 fully saturated rings. The summed E-state index contributed by atoms with van der Waals surface area (Å²) < 4.78 is 50.1. The van der Waals surface area contributed by atoms with Gasteiger partial charge in [-0.15, -0.1) is 0 Å². The molecule has 2 rings (SSSR count). The van der Waals surface area contributed by atoms with Gasteiger partial charge in [-0.25, -0.2) is 29.2 Å². The van der Waals surface area contributed by atoms with E-state index in [-0.39, 0.29) is 77.5 Å². The lowest BCUT2D eigenvalue weighted by molar-refractivity contribution is -0.148. The molecule has 452 valence electrons. The van der Waals surface area contributed by atoms with Crippen LogP contribution in [0.4, 0.5) is 9.59 Å². The van der Waals surface area contributed by atoms with Crippen molar-refractivity contribution in [3.05, 3.63) is 23.7 Å². The Balaban J connectivity index is 2.06. The topological polar surface area (TPSA) is 457 Å². The van der Waals surface area contributed by atoms with Gasteiger partial charge in [0.15, 0.2) is 30.2 Å². The number of ether oxygens (including phenoxy) is 9. The van der Waals surface area contributed by atoms with Crippen LogP contribution in [-0.4, -0.2) is 268 Å². The standard InChI is InChI=1S/C48H84N10O21/c1-6-15-71-19-21-74-23-24-75-22-20-72-16-10-37(64)58(14-18-73-17-13-57(5)48(70)78-40(33(62)27-59)39-29(2)31(54-45(49)50)25-35(76-39)43(65)66)12-9-7-8-11-56(4)47(69)79-41(34(63)28-60)42-38(53-30(3)61)32(55-46(51)52)26-36(77-42)44(67)68/h25-26,29,31-34,38-42,59-60,62-63H,6-24,27-28H2,1-5H3,(H,53,61)(H,65,66)(H,67,68)(H4,49,50,54)(H4,51,52,55)/t29-,31+,32+,33-,34-,38-,39-,40-,41?,42-/m1/s1. The molecule has 2 aliphatic heterocycles. The van der Waals surface area contributed by atoms with Gasteiger partial charge in [-0.3, -0.25) is 9.59 Å².